The van der Waals surface area contributed by atoms with E-state index in [2.05, 4.69) is 73.7 Å². The molecule has 1 nitrogen and oxygen atoms in total. The van der Waals surface area contributed by atoms with Crippen molar-refractivity contribution in [2.75, 3.05) is 6.54 Å². The molecule has 0 saturated heterocycles. The molecule has 3 aromatic rings. The molecule has 136 valence electrons. The van der Waals surface area contributed by atoms with E-state index in [4.69, 9.17) is 5.73 Å². The van der Waals surface area contributed by atoms with Gasteiger partial charge in [-0.3, -0.25) is 0 Å². The molecule has 0 heterocycles. The van der Waals surface area contributed by atoms with Crippen LogP contribution in [0.4, 0.5) is 0 Å². The molecular weight excluding hydrogens is 338 g/mol. The van der Waals surface area contributed by atoms with E-state index in [0.29, 0.717) is 5.92 Å². The van der Waals surface area contributed by atoms with Crippen molar-refractivity contribution in [1.29, 1.82) is 0 Å². The molecule has 2 N–H and O–H groups in total. The molecular formula is C24H28ClN. The molecule has 0 amide bonds. The van der Waals surface area contributed by atoms with E-state index >= 15 is 0 Å². The summed E-state index contributed by atoms with van der Waals surface area (Å²) in [5.41, 5.74) is 10.7. The smallest absolute Gasteiger partial charge is 0.00761 e. The van der Waals surface area contributed by atoms with Gasteiger partial charge in [-0.15, -0.1) is 12.4 Å². The van der Waals surface area contributed by atoms with Gasteiger partial charge in [0, 0.05) is 12.0 Å². The Balaban J connectivity index is 0.00000196. The van der Waals surface area contributed by atoms with Gasteiger partial charge in [-0.2, -0.15) is 0 Å². The first kappa shape index (κ1) is 18.9. The molecule has 0 spiro atoms. The average Bonchev–Trinajstić information content (AvgIpc) is 2.68. The van der Waals surface area contributed by atoms with Crippen molar-refractivity contribution >= 4 is 23.2 Å². The molecule has 1 saturated carbocycles. The number of aryl methyl sites for hydroxylation is 1. The summed E-state index contributed by atoms with van der Waals surface area (Å²) in [5.74, 6) is 0.649. The molecule has 2 heteroatoms. The number of rotatable bonds is 3. The van der Waals surface area contributed by atoms with Crippen LogP contribution in [-0.2, 0) is 5.41 Å². The third-order valence-electron chi connectivity index (χ3n) is 6.23. The van der Waals surface area contributed by atoms with Crippen molar-refractivity contribution < 1.29 is 0 Å². The first-order chi connectivity index (χ1) is 12.2. The Morgan fingerprint density at radius 2 is 1.62 bits per heavy atom. The fraction of sp³-hybridized carbons (Fsp3) is 0.333. The number of halogens is 1. The molecule has 0 atom stereocenters. The number of fused-ring (bicyclic) bond motifs is 1. The summed E-state index contributed by atoms with van der Waals surface area (Å²) in [4.78, 5) is 0. The second-order valence-corrected chi connectivity index (χ2v) is 7.70. The highest BCUT2D eigenvalue weighted by molar-refractivity contribution is 5.86. The first-order valence-corrected chi connectivity index (χ1v) is 9.47. The molecule has 0 aliphatic heterocycles. The summed E-state index contributed by atoms with van der Waals surface area (Å²) in [5, 5.41) is 2.78. The number of hydrogen-bond donors (Lipinski definition) is 1. The van der Waals surface area contributed by atoms with E-state index < -0.39 is 0 Å². The maximum Gasteiger partial charge on any atom is 0.00761 e. The summed E-state index contributed by atoms with van der Waals surface area (Å²) < 4.78 is 0. The van der Waals surface area contributed by atoms with Crippen molar-refractivity contribution in [3.05, 3.63) is 83.4 Å². The lowest BCUT2D eigenvalue weighted by Crippen LogP contribution is -2.38. The van der Waals surface area contributed by atoms with Gasteiger partial charge in [0.1, 0.15) is 0 Å². The van der Waals surface area contributed by atoms with Crippen LogP contribution in [0.2, 0.25) is 0 Å². The Bertz CT molecular complexity index is 873. The molecule has 26 heavy (non-hydrogen) atoms. The molecule has 4 rings (SSSR count). The van der Waals surface area contributed by atoms with Crippen LogP contribution in [0.3, 0.4) is 0 Å². The highest BCUT2D eigenvalue weighted by Crippen LogP contribution is 2.45. The van der Waals surface area contributed by atoms with E-state index in [0.717, 1.165) is 6.54 Å². The highest BCUT2D eigenvalue weighted by atomic mass is 35.5. The van der Waals surface area contributed by atoms with Gasteiger partial charge in [-0.1, -0.05) is 72.3 Å². The van der Waals surface area contributed by atoms with Gasteiger partial charge < -0.3 is 5.73 Å². The molecule has 0 aromatic heterocycles. The molecule has 3 aromatic carbocycles. The lowest BCUT2D eigenvalue weighted by atomic mass is 9.65. The fourth-order valence-electron chi connectivity index (χ4n) is 4.67. The normalized spacial score (nSPS) is 22.8. The van der Waals surface area contributed by atoms with Gasteiger partial charge >= 0.3 is 0 Å². The Morgan fingerprint density at radius 3 is 2.35 bits per heavy atom. The van der Waals surface area contributed by atoms with Crippen LogP contribution in [0, 0.1) is 6.92 Å². The first-order valence-electron chi connectivity index (χ1n) is 9.47. The van der Waals surface area contributed by atoms with Crippen molar-refractivity contribution in [3.63, 3.8) is 0 Å². The lowest BCUT2D eigenvalue weighted by Gasteiger charge is -2.40. The van der Waals surface area contributed by atoms with Gasteiger partial charge in [-0.05, 0) is 60.4 Å². The summed E-state index contributed by atoms with van der Waals surface area (Å²) in [6, 6.07) is 24.5. The Kier molecular flexibility index (Phi) is 5.70. The number of hydrogen-bond acceptors (Lipinski definition) is 1. The van der Waals surface area contributed by atoms with Crippen LogP contribution in [0.1, 0.15) is 48.3 Å². The van der Waals surface area contributed by atoms with Crippen molar-refractivity contribution in [2.24, 2.45) is 5.73 Å². The monoisotopic (exact) mass is 365 g/mol. The average molecular weight is 366 g/mol. The Hall–Kier alpha value is -1.83. The molecule has 1 aliphatic rings. The summed E-state index contributed by atoms with van der Waals surface area (Å²) in [7, 11) is 0. The topological polar surface area (TPSA) is 26.0 Å². The molecule has 0 radical (unpaired) electrons. The largest absolute Gasteiger partial charge is 0.330 e. The van der Waals surface area contributed by atoms with Crippen molar-refractivity contribution in [1.82, 2.24) is 0 Å². The lowest BCUT2D eigenvalue weighted by molar-refractivity contribution is 0.276. The van der Waals surface area contributed by atoms with Gasteiger partial charge in [0.05, 0.1) is 0 Å². The standard InChI is InChI=1S/C24H27N.ClH/c1-18-6-4-9-21(16-18)24(17-25)14-12-20(13-15-24)23-11-5-8-19-7-2-3-10-22(19)23;/h2-11,16,20H,12-15,17,25H2,1H3;1H. The minimum atomic E-state index is 0. The summed E-state index contributed by atoms with van der Waals surface area (Å²) in [6.07, 6.45) is 4.81. The molecule has 0 bridgehead atoms. The Morgan fingerprint density at radius 1 is 0.923 bits per heavy atom. The van der Waals surface area contributed by atoms with Crippen molar-refractivity contribution in [3.8, 4) is 0 Å². The molecule has 1 fully saturated rings. The zero-order valence-corrected chi connectivity index (χ0v) is 16.3. The highest BCUT2D eigenvalue weighted by Gasteiger charge is 2.36. The number of benzene rings is 3. The van der Waals surface area contributed by atoms with Crippen LogP contribution in [-0.4, -0.2) is 6.54 Å². The molecule has 0 unspecified atom stereocenters. The number of nitrogens with two attached hydrogens (primary N) is 1. The summed E-state index contributed by atoms with van der Waals surface area (Å²) in [6.45, 7) is 2.92. The predicted octanol–water partition coefficient (Wildman–Crippen LogP) is 6.12. The maximum atomic E-state index is 6.30. The van der Waals surface area contributed by atoms with Crippen molar-refractivity contribution in [2.45, 2.75) is 43.9 Å². The van der Waals surface area contributed by atoms with Crippen LogP contribution < -0.4 is 5.73 Å². The van der Waals surface area contributed by atoms with Crippen LogP contribution in [0.5, 0.6) is 0 Å². The second-order valence-electron chi connectivity index (χ2n) is 7.70. The maximum absolute atomic E-state index is 6.30. The Labute approximate surface area is 163 Å². The van der Waals surface area contributed by atoms with Gasteiger partial charge in [0.15, 0.2) is 0 Å². The minimum Gasteiger partial charge on any atom is -0.330 e. The second kappa shape index (κ2) is 7.82. The van der Waals surface area contributed by atoms with Gasteiger partial charge in [0.25, 0.3) is 0 Å². The zero-order chi connectivity index (χ0) is 17.3. The quantitative estimate of drug-likeness (QED) is 0.594. The van der Waals surface area contributed by atoms with E-state index in [9.17, 15) is 0 Å². The van der Waals surface area contributed by atoms with E-state index in [1.807, 2.05) is 0 Å². The summed E-state index contributed by atoms with van der Waals surface area (Å²) >= 11 is 0. The fourth-order valence-corrected chi connectivity index (χ4v) is 4.67. The van der Waals surface area contributed by atoms with Crippen LogP contribution in [0.15, 0.2) is 66.7 Å². The van der Waals surface area contributed by atoms with E-state index in [-0.39, 0.29) is 17.8 Å². The van der Waals surface area contributed by atoms with E-state index in [1.165, 1.54) is 53.1 Å². The minimum absolute atomic E-state index is 0. The van der Waals surface area contributed by atoms with E-state index in [1.54, 1.807) is 0 Å². The van der Waals surface area contributed by atoms with Crippen LogP contribution in [0.25, 0.3) is 10.8 Å². The van der Waals surface area contributed by atoms with Gasteiger partial charge in [-0.25, -0.2) is 0 Å². The SMILES string of the molecule is Cc1cccc(C2(CN)CCC(c3cccc4ccccc34)CC2)c1.Cl. The zero-order valence-electron chi connectivity index (χ0n) is 15.4. The predicted molar refractivity (Wildman–Crippen MR) is 114 cm³/mol. The molecule has 1 aliphatic carbocycles. The van der Waals surface area contributed by atoms with Gasteiger partial charge in [0.2, 0.25) is 0 Å². The van der Waals surface area contributed by atoms with Crippen LogP contribution >= 0.6 is 12.4 Å². The third kappa shape index (κ3) is 3.39. The third-order valence-corrected chi connectivity index (χ3v) is 6.23.